The third-order valence-electron chi connectivity index (χ3n) is 3.27. The van der Waals surface area contributed by atoms with Crippen molar-refractivity contribution in [2.24, 2.45) is 5.41 Å². The summed E-state index contributed by atoms with van der Waals surface area (Å²) in [6.45, 7) is 1.93. The van der Waals surface area contributed by atoms with Crippen molar-refractivity contribution in [3.63, 3.8) is 0 Å². The minimum Gasteiger partial charge on any atom is -0.385 e. The summed E-state index contributed by atoms with van der Waals surface area (Å²) in [6, 6.07) is -0.336. The molecule has 0 aliphatic carbocycles. The van der Waals surface area contributed by atoms with Gasteiger partial charge in [0.25, 0.3) is 0 Å². The Bertz CT molecular complexity index is 289. The zero-order valence-electron chi connectivity index (χ0n) is 10.6. The van der Waals surface area contributed by atoms with E-state index in [0.29, 0.717) is 13.0 Å². The van der Waals surface area contributed by atoms with Crippen LogP contribution < -0.4 is 10.6 Å². The van der Waals surface area contributed by atoms with Gasteiger partial charge in [-0.2, -0.15) is 13.2 Å². The van der Waals surface area contributed by atoms with Gasteiger partial charge in [0.05, 0.1) is 0 Å². The SMILES string of the molecule is COCCC(C)NC(=O)C1(C(F)(F)F)CCNC1. The maximum Gasteiger partial charge on any atom is 0.404 e. The molecule has 0 saturated carbocycles. The van der Waals surface area contributed by atoms with Crippen molar-refractivity contribution in [1.82, 2.24) is 10.6 Å². The molecule has 2 N–H and O–H groups in total. The van der Waals surface area contributed by atoms with Crippen molar-refractivity contribution in [2.75, 3.05) is 26.8 Å². The summed E-state index contributed by atoms with van der Waals surface area (Å²) in [5.74, 6) is -0.941. The molecule has 1 saturated heterocycles. The first-order valence-corrected chi connectivity index (χ1v) is 5.91. The van der Waals surface area contributed by atoms with E-state index in [1.807, 2.05) is 0 Å². The number of methoxy groups -OCH3 is 1. The van der Waals surface area contributed by atoms with Crippen LogP contribution in [0.1, 0.15) is 19.8 Å². The van der Waals surface area contributed by atoms with Gasteiger partial charge in [0.2, 0.25) is 5.91 Å². The topological polar surface area (TPSA) is 50.4 Å². The molecular formula is C11H19F3N2O2. The highest BCUT2D eigenvalue weighted by molar-refractivity contribution is 5.84. The summed E-state index contributed by atoms with van der Waals surface area (Å²) in [5, 5.41) is 5.04. The Labute approximate surface area is 104 Å². The minimum absolute atomic E-state index is 0.208. The molecule has 0 radical (unpaired) electrons. The second-order valence-electron chi connectivity index (χ2n) is 4.66. The van der Waals surface area contributed by atoms with E-state index in [2.05, 4.69) is 10.6 Å². The molecule has 1 aliphatic rings. The first-order valence-electron chi connectivity index (χ1n) is 5.91. The van der Waals surface area contributed by atoms with Crippen LogP contribution in [0.2, 0.25) is 0 Å². The number of halogens is 3. The Morgan fingerprint density at radius 2 is 2.22 bits per heavy atom. The molecule has 0 bridgehead atoms. The Morgan fingerprint density at radius 3 is 2.67 bits per heavy atom. The van der Waals surface area contributed by atoms with Crippen LogP contribution in [-0.2, 0) is 9.53 Å². The van der Waals surface area contributed by atoms with E-state index in [1.54, 1.807) is 6.92 Å². The Kier molecular flexibility index (Phi) is 4.98. The van der Waals surface area contributed by atoms with Crippen LogP contribution in [0.4, 0.5) is 13.2 Å². The van der Waals surface area contributed by atoms with Crippen LogP contribution in [0.3, 0.4) is 0 Å². The molecule has 18 heavy (non-hydrogen) atoms. The number of amides is 1. The lowest BCUT2D eigenvalue weighted by Gasteiger charge is -2.30. The lowest BCUT2D eigenvalue weighted by molar-refractivity contribution is -0.216. The third kappa shape index (κ3) is 3.14. The maximum absolute atomic E-state index is 13.0. The largest absolute Gasteiger partial charge is 0.404 e. The molecule has 106 valence electrons. The van der Waals surface area contributed by atoms with Crippen LogP contribution in [-0.4, -0.2) is 44.9 Å². The number of nitrogens with one attached hydrogen (secondary N) is 2. The number of carbonyl (C=O) groups is 1. The normalized spacial score (nSPS) is 26.1. The summed E-state index contributed by atoms with van der Waals surface area (Å²) in [7, 11) is 1.51. The fourth-order valence-corrected chi connectivity index (χ4v) is 1.99. The number of ether oxygens (including phenoxy) is 1. The molecule has 7 heteroatoms. The highest BCUT2D eigenvalue weighted by Gasteiger charge is 2.61. The predicted molar refractivity (Wildman–Crippen MR) is 60.1 cm³/mol. The van der Waals surface area contributed by atoms with Gasteiger partial charge < -0.3 is 15.4 Å². The molecule has 1 fully saturated rings. The molecule has 0 aromatic rings. The van der Waals surface area contributed by atoms with E-state index in [9.17, 15) is 18.0 Å². The van der Waals surface area contributed by atoms with Crippen LogP contribution in [0.25, 0.3) is 0 Å². The lowest BCUT2D eigenvalue weighted by atomic mass is 9.85. The monoisotopic (exact) mass is 268 g/mol. The van der Waals surface area contributed by atoms with E-state index >= 15 is 0 Å². The second-order valence-corrected chi connectivity index (χ2v) is 4.66. The molecule has 4 nitrogen and oxygen atoms in total. The fraction of sp³-hybridized carbons (Fsp3) is 0.909. The van der Waals surface area contributed by atoms with Gasteiger partial charge in [-0.15, -0.1) is 0 Å². The predicted octanol–water partition coefficient (Wildman–Crippen LogP) is 1.07. The highest BCUT2D eigenvalue weighted by Crippen LogP contribution is 2.43. The van der Waals surface area contributed by atoms with Crippen LogP contribution >= 0.6 is 0 Å². The van der Waals surface area contributed by atoms with Crippen molar-refractivity contribution < 1.29 is 22.7 Å². The number of carbonyl (C=O) groups excluding carboxylic acids is 1. The fourth-order valence-electron chi connectivity index (χ4n) is 1.99. The van der Waals surface area contributed by atoms with Crippen LogP contribution in [0.15, 0.2) is 0 Å². The highest BCUT2D eigenvalue weighted by atomic mass is 19.4. The van der Waals surface area contributed by atoms with Crippen molar-refractivity contribution in [1.29, 1.82) is 0 Å². The molecule has 2 atom stereocenters. The van der Waals surface area contributed by atoms with Gasteiger partial charge >= 0.3 is 6.18 Å². The molecule has 1 aliphatic heterocycles. The summed E-state index contributed by atoms with van der Waals surface area (Å²) in [6.07, 6.45) is -4.25. The zero-order chi connectivity index (χ0) is 13.8. The Morgan fingerprint density at radius 1 is 1.56 bits per heavy atom. The second kappa shape index (κ2) is 5.88. The van der Waals surface area contributed by atoms with Crippen molar-refractivity contribution >= 4 is 5.91 Å². The van der Waals surface area contributed by atoms with Gasteiger partial charge in [0.1, 0.15) is 0 Å². The summed E-state index contributed by atoms with van der Waals surface area (Å²) >= 11 is 0. The lowest BCUT2D eigenvalue weighted by Crippen LogP contribution is -2.54. The Hall–Kier alpha value is -0.820. The van der Waals surface area contributed by atoms with Gasteiger partial charge in [0.15, 0.2) is 5.41 Å². The van der Waals surface area contributed by atoms with E-state index < -0.39 is 17.5 Å². The first kappa shape index (κ1) is 15.2. The summed E-state index contributed by atoms with van der Waals surface area (Å²) in [5.41, 5.74) is -2.28. The molecule has 0 aromatic heterocycles. The van der Waals surface area contributed by atoms with Gasteiger partial charge in [0, 0.05) is 26.3 Å². The molecule has 0 spiro atoms. The average Bonchev–Trinajstić information content (AvgIpc) is 2.75. The molecular weight excluding hydrogens is 249 g/mol. The van der Waals surface area contributed by atoms with E-state index in [-0.39, 0.29) is 25.6 Å². The summed E-state index contributed by atoms with van der Waals surface area (Å²) < 4.78 is 44.0. The van der Waals surface area contributed by atoms with Crippen molar-refractivity contribution in [3.05, 3.63) is 0 Å². The van der Waals surface area contributed by atoms with Gasteiger partial charge in [-0.1, -0.05) is 0 Å². The number of hydrogen-bond donors (Lipinski definition) is 2. The van der Waals surface area contributed by atoms with Crippen LogP contribution in [0, 0.1) is 5.41 Å². The summed E-state index contributed by atoms with van der Waals surface area (Å²) in [4.78, 5) is 11.9. The maximum atomic E-state index is 13.0. The van der Waals surface area contributed by atoms with Crippen molar-refractivity contribution in [2.45, 2.75) is 32.0 Å². The van der Waals surface area contributed by atoms with Gasteiger partial charge in [-0.3, -0.25) is 4.79 Å². The van der Waals surface area contributed by atoms with Crippen molar-refractivity contribution in [3.8, 4) is 0 Å². The van der Waals surface area contributed by atoms with E-state index in [0.717, 1.165) is 0 Å². The molecule has 1 heterocycles. The van der Waals surface area contributed by atoms with Gasteiger partial charge in [-0.25, -0.2) is 0 Å². The average molecular weight is 268 g/mol. The minimum atomic E-state index is -4.53. The van der Waals surface area contributed by atoms with E-state index in [1.165, 1.54) is 7.11 Å². The number of rotatable bonds is 5. The molecule has 1 rings (SSSR count). The smallest absolute Gasteiger partial charge is 0.385 e. The number of hydrogen-bond acceptors (Lipinski definition) is 3. The van der Waals surface area contributed by atoms with Gasteiger partial charge in [-0.05, 0) is 26.3 Å². The molecule has 1 amide bonds. The standard InChI is InChI=1S/C11H19F3N2O2/c1-8(3-6-18-2)16-9(17)10(11(12,13)14)4-5-15-7-10/h8,15H,3-7H2,1-2H3,(H,16,17). The first-order chi connectivity index (χ1) is 8.33. The molecule has 2 unspecified atom stereocenters. The third-order valence-corrected chi connectivity index (χ3v) is 3.27. The van der Waals surface area contributed by atoms with E-state index in [4.69, 9.17) is 4.74 Å². The number of alkyl halides is 3. The Balaban J connectivity index is 2.67. The van der Waals surface area contributed by atoms with Crippen LogP contribution in [0.5, 0.6) is 0 Å². The zero-order valence-corrected chi connectivity index (χ0v) is 10.6. The quantitative estimate of drug-likeness (QED) is 0.784. The molecule has 0 aromatic carbocycles.